The molecule has 0 unspecified atom stereocenters. The second-order valence-corrected chi connectivity index (χ2v) is 25.4. The van der Waals surface area contributed by atoms with E-state index in [9.17, 15) is 0 Å². The summed E-state index contributed by atoms with van der Waals surface area (Å²) in [6.07, 6.45) is 13.2. The van der Waals surface area contributed by atoms with E-state index in [2.05, 4.69) is 249 Å². The molecule has 0 N–H and O–H groups in total. The van der Waals surface area contributed by atoms with Gasteiger partial charge in [-0.05, 0) is 162 Å². The van der Waals surface area contributed by atoms with E-state index in [0.29, 0.717) is 11.8 Å². The molecule has 0 radical (unpaired) electrons. The van der Waals surface area contributed by atoms with Crippen LogP contribution in [0.15, 0.2) is 182 Å². The van der Waals surface area contributed by atoms with Gasteiger partial charge in [0.25, 0.3) is 0 Å². The van der Waals surface area contributed by atoms with E-state index >= 15 is 0 Å². The molecule has 3 aliphatic carbocycles. The van der Waals surface area contributed by atoms with Crippen molar-refractivity contribution in [2.45, 2.75) is 160 Å². The Labute approximate surface area is 445 Å². The topological polar surface area (TPSA) is 3.24 Å². The Morgan fingerprint density at radius 1 is 0.365 bits per heavy atom. The standard InChI is InChI=1S/C73H79N/c1-70(2,3)66-47-56(48-67(71(4,5)6)69(66)72(7,8)9)54-37-43-59(44-38-54)74(68-32-22-20-29-61(68)55-27-17-12-18-28-55)60-45-46-63-62-30-19-21-31-64(62)73(65(63)49-60,57-39-33-52(34-40-57)50-23-13-10-14-24-50)58-41-35-53(36-42-58)51-25-15-11-16-26-51/h12,17-22,27-51H,10-11,13-16,23-26H2,1-9H3. The third-order valence-electron chi connectivity index (χ3n) is 17.3. The third-order valence-corrected chi connectivity index (χ3v) is 17.3. The van der Waals surface area contributed by atoms with Crippen LogP contribution in [0.5, 0.6) is 0 Å². The predicted molar refractivity (Wildman–Crippen MR) is 317 cm³/mol. The first-order valence-corrected chi connectivity index (χ1v) is 28.3. The lowest BCUT2D eigenvalue weighted by Crippen LogP contribution is -2.29. The van der Waals surface area contributed by atoms with Crippen molar-refractivity contribution in [3.05, 3.63) is 232 Å². The van der Waals surface area contributed by atoms with Gasteiger partial charge < -0.3 is 4.90 Å². The van der Waals surface area contributed by atoms with Crippen molar-refractivity contribution < 1.29 is 0 Å². The number of nitrogens with zero attached hydrogens (tertiary/aromatic N) is 1. The molecule has 2 fully saturated rings. The van der Waals surface area contributed by atoms with Crippen LogP contribution in [0.2, 0.25) is 0 Å². The highest BCUT2D eigenvalue weighted by Crippen LogP contribution is 2.58. The molecular weight excluding hydrogens is 891 g/mol. The first-order valence-electron chi connectivity index (χ1n) is 28.3. The summed E-state index contributed by atoms with van der Waals surface area (Å²) in [7, 11) is 0. The number of hydrogen-bond acceptors (Lipinski definition) is 1. The number of rotatable bonds is 9. The van der Waals surface area contributed by atoms with Gasteiger partial charge in [0.1, 0.15) is 0 Å². The van der Waals surface area contributed by atoms with Crippen LogP contribution in [0.1, 0.15) is 188 Å². The molecule has 2 saturated carbocycles. The summed E-state index contributed by atoms with van der Waals surface area (Å²) in [5.41, 5.74) is 23.2. The molecule has 8 aromatic rings. The van der Waals surface area contributed by atoms with Crippen LogP contribution in [0.4, 0.5) is 17.1 Å². The number of para-hydroxylation sites is 1. The van der Waals surface area contributed by atoms with Crippen molar-refractivity contribution in [2.75, 3.05) is 4.90 Å². The summed E-state index contributed by atoms with van der Waals surface area (Å²) in [5, 5.41) is 0. The fourth-order valence-electron chi connectivity index (χ4n) is 13.6. The molecule has 74 heavy (non-hydrogen) atoms. The van der Waals surface area contributed by atoms with Gasteiger partial charge in [-0.3, -0.25) is 0 Å². The Balaban J connectivity index is 1.12. The lowest BCUT2D eigenvalue weighted by atomic mass is 9.67. The van der Waals surface area contributed by atoms with E-state index < -0.39 is 5.41 Å². The molecule has 0 bridgehead atoms. The van der Waals surface area contributed by atoms with Gasteiger partial charge in [-0.2, -0.15) is 0 Å². The zero-order chi connectivity index (χ0) is 51.4. The molecule has 1 nitrogen and oxygen atoms in total. The Kier molecular flexibility index (Phi) is 13.2. The van der Waals surface area contributed by atoms with Crippen LogP contribution in [-0.4, -0.2) is 0 Å². The van der Waals surface area contributed by atoms with E-state index in [1.807, 2.05) is 0 Å². The van der Waals surface area contributed by atoms with E-state index in [0.717, 1.165) is 17.1 Å². The highest BCUT2D eigenvalue weighted by atomic mass is 15.1. The summed E-state index contributed by atoms with van der Waals surface area (Å²) >= 11 is 0. The predicted octanol–water partition coefficient (Wildman–Crippen LogP) is 20.8. The van der Waals surface area contributed by atoms with Crippen molar-refractivity contribution >= 4 is 17.1 Å². The van der Waals surface area contributed by atoms with Crippen molar-refractivity contribution in [3.8, 4) is 33.4 Å². The maximum atomic E-state index is 2.56. The average Bonchev–Trinajstić information content (AvgIpc) is 3.74. The van der Waals surface area contributed by atoms with Crippen LogP contribution in [-0.2, 0) is 21.7 Å². The molecular formula is C73H79N. The molecule has 0 atom stereocenters. The lowest BCUT2D eigenvalue weighted by molar-refractivity contribution is 0.443. The minimum atomic E-state index is -0.526. The van der Waals surface area contributed by atoms with Gasteiger partial charge >= 0.3 is 0 Å². The van der Waals surface area contributed by atoms with Gasteiger partial charge in [0.05, 0.1) is 11.1 Å². The Morgan fingerprint density at radius 3 is 1.36 bits per heavy atom. The van der Waals surface area contributed by atoms with E-state index in [-0.39, 0.29) is 16.2 Å². The molecule has 11 rings (SSSR count). The zero-order valence-electron chi connectivity index (χ0n) is 46.0. The molecule has 0 spiro atoms. The van der Waals surface area contributed by atoms with Gasteiger partial charge in [0, 0.05) is 16.9 Å². The van der Waals surface area contributed by atoms with Gasteiger partial charge in [0.2, 0.25) is 0 Å². The van der Waals surface area contributed by atoms with Crippen molar-refractivity contribution in [3.63, 3.8) is 0 Å². The molecule has 0 aromatic heterocycles. The van der Waals surface area contributed by atoms with Crippen LogP contribution in [0.3, 0.4) is 0 Å². The van der Waals surface area contributed by atoms with Gasteiger partial charge in [0.15, 0.2) is 0 Å². The quantitative estimate of drug-likeness (QED) is 0.139. The smallest absolute Gasteiger partial charge is 0.0714 e. The molecule has 376 valence electrons. The molecule has 0 heterocycles. The SMILES string of the molecule is CC(C)(C)c1cc(-c2ccc(N(c3ccc4c(c3)C(c3ccc(C5CCCCC5)cc3)(c3ccc(C5CCCCC5)cc3)c3ccccc3-4)c3ccccc3-c3ccccc3)cc2)cc(C(C)(C)C)c1C(C)(C)C. The molecule has 1 heteroatoms. The zero-order valence-corrected chi connectivity index (χ0v) is 46.0. The number of hydrogen-bond donors (Lipinski definition) is 0. The summed E-state index contributed by atoms with van der Waals surface area (Å²) in [5.74, 6) is 1.29. The first-order chi connectivity index (χ1) is 35.6. The summed E-state index contributed by atoms with van der Waals surface area (Å²) in [6.45, 7) is 21.4. The minimum Gasteiger partial charge on any atom is -0.310 e. The summed E-state index contributed by atoms with van der Waals surface area (Å²) in [4.78, 5) is 2.53. The fourth-order valence-corrected chi connectivity index (χ4v) is 13.6. The second kappa shape index (κ2) is 19.7. The molecule has 3 aliphatic rings. The number of anilines is 3. The van der Waals surface area contributed by atoms with Crippen LogP contribution in [0, 0.1) is 0 Å². The number of fused-ring (bicyclic) bond motifs is 3. The molecule has 0 aliphatic heterocycles. The monoisotopic (exact) mass is 970 g/mol. The Hall–Kier alpha value is -6.44. The van der Waals surface area contributed by atoms with Crippen LogP contribution in [0.25, 0.3) is 33.4 Å². The lowest BCUT2D eigenvalue weighted by Gasteiger charge is -2.37. The van der Waals surface area contributed by atoms with Gasteiger partial charge in [-0.15, -0.1) is 0 Å². The second-order valence-electron chi connectivity index (χ2n) is 25.4. The molecule has 0 saturated heterocycles. The Bertz CT molecular complexity index is 3150. The normalized spacial score (nSPS) is 16.2. The maximum absolute atomic E-state index is 2.56. The highest BCUT2D eigenvalue weighted by molar-refractivity contribution is 5.92. The van der Waals surface area contributed by atoms with Crippen molar-refractivity contribution in [2.24, 2.45) is 0 Å². The fraction of sp³-hybridized carbons (Fsp3) is 0.342. The maximum Gasteiger partial charge on any atom is 0.0714 e. The Morgan fingerprint density at radius 2 is 0.838 bits per heavy atom. The molecule has 0 amide bonds. The van der Waals surface area contributed by atoms with Gasteiger partial charge in [-0.1, -0.05) is 252 Å². The van der Waals surface area contributed by atoms with Crippen LogP contribution >= 0.6 is 0 Å². The third kappa shape index (κ3) is 9.18. The first kappa shape index (κ1) is 49.8. The highest BCUT2D eigenvalue weighted by Gasteiger charge is 2.47. The van der Waals surface area contributed by atoms with E-state index in [1.54, 1.807) is 0 Å². The summed E-state index contributed by atoms with van der Waals surface area (Å²) in [6, 6.07) is 71.0. The minimum absolute atomic E-state index is 0.00581. The van der Waals surface area contributed by atoms with E-state index in [1.165, 1.54) is 148 Å². The summed E-state index contributed by atoms with van der Waals surface area (Å²) < 4.78 is 0. The largest absolute Gasteiger partial charge is 0.310 e. The van der Waals surface area contributed by atoms with Crippen molar-refractivity contribution in [1.29, 1.82) is 0 Å². The molecule has 8 aromatic carbocycles. The number of benzene rings is 8. The van der Waals surface area contributed by atoms with E-state index in [4.69, 9.17) is 0 Å². The van der Waals surface area contributed by atoms with Crippen molar-refractivity contribution in [1.82, 2.24) is 0 Å². The average molecular weight is 970 g/mol. The van der Waals surface area contributed by atoms with Gasteiger partial charge in [-0.25, -0.2) is 0 Å². The van der Waals surface area contributed by atoms with Crippen LogP contribution < -0.4 is 4.90 Å².